The Hall–Kier alpha value is -0.340. The molecule has 0 saturated carbocycles. The minimum Gasteiger partial charge on any atom is -0.344 e. The molecule has 1 aliphatic heterocycles. The van der Waals surface area contributed by atoms with E-state index < -0.39 is 0 Å². The van der Waals surface area contributed by atoms with Crippen LogP contribution in [0.3, 0.4) is 0 Å². The van der Waals surface area contributed by atoms with Crippen LogP contribution in [0.15, 0.2) is 12.2 Å². The Morgan fingerprint density at radius 2 is 1.38 bits per heavy atom. The van der Waals surface area contributed by atoms with E-state index in [-0.39, 0.29) is 5.79 Å². The van der Waals surface area contributed by atoms with Crippen molar-refractivity contribution in [3.8, 4) is 0 Å². The average molecular weight is 224 g/mol. The van der Waals surface area contributed by atoms with Gasteiger partial charge in [0.25, 0.3) is 0 Å². The molecule has 92 valence electrons. The first-order chi connectivity index (χ1) is 7.91. The molecular weight excluding hydrogens is 200 g/mol. The topological polar surface area (TPSA) is 18.5 Å². The lowest BCUT2D eigenvalue weighted by molar-refractivity contribution is -0.122. The number of rotatable bonds is 0. The fourth-order valence-electron chi connectivity index (χ4n) is 2.57. The number of ether oxygens (including phenoxy) is 2. The highest BCUT2D eigenvalue weighted by Gasteiger charge is 2.32. The monoisotopic (exact) mass is 224 g/mol. The van der Waals surface area contributed by atoms with Crippen LogP contribution >= 0.6 is 0 Å². The summed E-state index contributed by atoms with van der Waals surface area (Å²) < 4.78 is 11.6. The maximum absolute atomic E-state index is 5.78. The van der Waals surface area contributed by atoms with Crippen molar-refractivity contribution in [1.82, 2.24) is 0 Å². The summed E-state index contributed by atoms with van der Waals surface area (Å²) in [5.41, 5.74) is 0. The third-order valence-electron chi connectivity index (χ3n) is 3.54. The Balaban J connectivity index is 1.90. The minimum absolute atomic E-state index is 0.362. The number of allylic oxidation sites excluding steroid dienone is 1. The minimum atomic E-state index is -0.362. The van der Waals surface area contributed by atoms with Gasteiger partial charge in [-0.2, -0.15) is 0 Å². The van der Waals surface area contributed by atoms with Gasteiger partial charge in [-0.25, -0.2) is 0 Å². The molecule has 1 fully saturated rings. The van der Waals surface area contributed by atoms with Crippen LogP contribution in [0.1, 0.15) is 57.8 Å². The summed E-state index contributed by atoms with van der Waals surface area (Å²) in [4.78, 5) is 0. The summed E-state index contributed by atoms with van der Waals surface area (Å²) in [6, 6.07) is 0. The second kappa shape index (κ2) is 6.41. The number of hydrogen-bond donors (Lipinski definition) is 0. The molecule has 0 aromatic heterocycles. The highest BCUT2D eigenvalue weighted by Crippen LogP contribution is 2.28. The second-order valence-corrected chi connectivity index (χ2v) is 4.92. The summed E-state index contributed by atoms with van der Waals surface area (Å²) in [5.74, 6) is -0.362. The molecule has 0 bridgehead atoms. The van der Waals surface area contributed by atoms with Crippen LogP contribution in [0.2, 0.25) is 0 Å². The molecule has 1 aliphatic carbocycles. The summed E-state index contributed by atoms with van der Waals surface area (Å²) in [6.07, 6.45) is 16.1. The summed E-state index contributed by atoms with van der Waals surface area (Å²) in [6.45, 7) is 1.51. The van der Waals surface area contributed by atoms with Crippen molar-refractivity contribution < 1.29 is 9.47 Å². The first-order valence-electron chi connectivity index (χ1n) is 6.87. The SMILES string of the molecule is C1=C\C2(CCCCCCCCC/1)OCCO2. The molecule has 0 N–H and O–H groups in total. The van der Waals surface area contributed by atoms with Gasteiger partial charge >= 0.3 is 0 Å². The molecule has 0 aromatic carbocycles. The zero-order chi connectivity index (χ0) is 11.1. The first kappa shape index (κ1) is 12.1. The molecule has 2 heteroatoms. The lowest BCUT2D eigenvalue weighted by Crippen LogP contribution is -2.27. The zero-order valence-electron chi connectivity index (χ0n) is 10.2. The molecule has 0 atom stereocenters. The van der Waals surface area contributed by atoms with Crippen molar-refractivity contribution in [2.24, 2.45) is 0 Å². The van der Waals surface area contributed by atoms with Crippen LogP contribution in [0, 0.1) is 0 Å². The molecule has 2 rings (SSSR count). The quantitative estimate of drug-likeness (QED) is 0.582. The second-order valence-electron chi connectivity index (χ2n) is 4.92. The predicted molar refractivity (Wildman–Crippen MR) is 65.3 cm³/mol. The van der Waals surface area contributed by atoms with Crippen LogP contribution in [-0.2, 0) is 9.47 Å². The molecule has 0 aromatic rings. The van der Waals surface area contributed by atoms with E-state index in [1.807, 2.05) is 0 Å². The molecule has 2 nitrogen and oxygen atoms in total. The molecular formula is C14H24O2. The van der Waals surface area contributed by atoms with Crippen molar-refractivity contribution in [2.75, 3.05) is 13.2 Å². The molecule has 0 radical (unpaired) electrons. The molecule has 0 unspecified atom stereocenters. The van der Waals surface area contributed by atoms with Gasteiger partial charge in [-0.1, -0.05) is 38.2 Å². The Kier molecular flexibility index (Phi) is 4.86. The first-order valence-corrected chi connectivity index (χ1v) is 6.87. The standard InChI is InChI=1S/C14H24O2/c1-2-4-6-8-10-14(15-12-13-16-14)11-9-7-5-3-1/h8,10H,1-7,9,11-13H2/b10-8-. The van der Waals surface area contributed by atoms with Gasteiger partial charge < -0.3 is 9.47 Å². The van der Waals surface area contributed by atoms with Crippen LogP contribution in [0.4, 0.5) is 0 Å². The van der Waals surface area contributed by atoms with Gasteiger partial charge in [0.05, 0.1) is 13.2 Å². The normalized spacial score (nSPS) is 29.5. The molecule has 0 amide bonds. The number of hydrogen-bond acceptors (Lipinski definition) is 2. The van der Waals surface area contributed by atoms with Crippen LogP contribution in [0.5, 0.6) is 0 Å². The van der Waals surface area contributed by atoms with E-state index in [9.17, 15) is 0 Å². The largest absolute Gasteiger partial charge is 0.344 e. The Morgan fingerprint density at radius 1 is 0.750 bits per heavy atom. The van der Waals surface area contributed by atoms with Gasteiger partial charge in [-0.15, -0.1) is 0 Å². The highest BCUT2D eigenvalue weighted by atomic mass is 16.7. The third kappa shape index (κ3) is 3.60. The third-order valence-corrected chi connectivity index (χ3v) is 3.54. The van der Waals surface area contributed by atoms with E-state index in [0.717, 1.165) is 19.6 Å². The Morgan fingerprint density at radius 3 is 2.12 bits per heavy atom. The zero-order valence-corrected chi connectivity index (χ0v) is 10.2. The van der Waals surface area contributed by atoms with Crippen LogP contribution in [-0.4, -0.2) is 19.0 Å². The molecule has 16 heavy (non-hydrogen) atoms. The van der Waals surface area contributed by atoms with Gasteiger partial charge in [0.2, 0.25) is 0 Å². The molecule has 1 heterocycles. The smallest absolute Gasteiger partial charge is 0.187 e. The van der Waals surface area contributed by atoms with Gasteiger partial charge in [0, 0.05) is 6.42 Å². The van der Waals surface area contributed by atoms with Crippen molar-refractivity contribution in [2.45, 2.75) is 63.6 Å². The lowest BCUT2D eigenvalue weighted by atomic mass is 10.0. The molecule has 2 aliphatic rings. The molecule has 1 saturated heterocycles. The van der Waals surface area contributed by atoms with Gasteiger partial charge in [0.15, 0.2) is 5.79 Å². The van der Waals surface area contributed by atoms with Gasteiger partial charge in [-0.3, -0.25) is 0 Å². The summed E-state index contributed by atoms with van der Waals surface area (Å²) in [5, 5.41) is 0. The van der Waals surface area contributed by atoms with E-state index >= 15 is 0 Å². The van der Waals surface area contributed by atoms with E-state index in [1.54, 1.807) is 0 Å². The maximum Gasteiger partial charge on any atom is 0.187 e. The van der Waals surface area contributed by atoms with E-state index in [0.29, 0.717) is 0 Å². The van der Waals surface area contributed by atoms with Crippen molar-refractivity contribution in [3.05, 3.63) is 12.2 Å². The van der Waals surface area contributed by atoms with Crippen LogP contribution in [0.25, 0.3) is 0 Å². The Labute approximate surface area is 99.0 Å². The maximum atomic E-state index is 5.78. The van der Waals surface area contributed by atoms with Crippen molar-refractivity contribution in [1.29, 1.82) is 0 Å². The lowest BCUT2D eigenvalue weighted by Gasteiger charge is -2.24. The molecule has 1 spiro atoms. The van der Waals surface area contributed by atoms with E-state index in [1.165, 1.54) is 51.4 Å². The van der Waals surface area contributed by atoms with Gasteiger partial charge in [0.1, 0.15) is 0 Å². The Bertz CT molecular complexity index is 217. The average Bonchev–Trinajstić information content (AvgIpc) is 2.73. The van der Waals surface area contributed by atoms with Crippen molar-refractivity contribution in [3.63, 3.8) is 0 Å². The van der Waals surface area contributed by atoms with Crippen LogP contribution < -0.4 is 0 Å². The van der Waals surface area contributed by atoms with Crippen molar-refractivity contribution >= 4 is 0 Å². The summed E-state index contributed by atoms with van der Waals surface area (Å²) >= 11 is 0. The predicted octanol–water partition coefficient (Wildman–Crippen LogP) is 3.81. The van der Waals surface area contributed by atoms with E-state index in [4.69, 9.17) is 9.47 Å². The highest BCUT2D eigenvalue weighted by molar-refractivity contribution is 4.98. The summed E-state index contributed by atoms with van der Waals surface area (Å²) in [7, 11) is 0. The fraction of sp³-hybridized carbons (Fsp3) is 0.857. The van der Waals surface area contributed by atoms with E-state index in [2.05, 4.69) is 12.2 Å². The van der Waals surface area contributed by atoms with Gasteiger partial charge in [-0.05, 0) is 25.3 Å². The fourth-order valence-corrected chi connectivity index (χ4v) is 2.57.